The quantitative estimate of drug-likeness (QED) is 0.0547. The molecule has 29 heteroatoms. The lowest BCUT2D eigenvalue weighted by Crippen LogP contribution is -2.68. The maximum atomic E-state index is 10.5. The minimum Gasteiger partial charge on any atom is -0.353 e. The van der Waals surface area contributed by atoms with E-state index in [9.17, 15) is 4.79 Å². The molecule has 119 heavy (non-hydrogen) atoms. The number of carbonyl (C=O) groups excluding carboxylic acids is 1. The molecule has 8 fully saturated rings. The van der Waals surface area contributed by atoms with Crippen LogP contribution in [-0.2, 0) is 31.9 Å². The average molecular weight is 1660 g/mol. The number of hydrogen-bond donors (Lipinski definition) is 4. The molecular weight excluding hydrogens is 1560 g/mol. The second-order valence-electron chi connectivity index (χ2n) is 31.1. The number of ether oxygens (including phenoxy) is 4. The van der Waals surface area contributed by atoms with Crippen molar-refractivity contribution in [3.8, 4) is 39.8 Å². The van der Waals surface area contributed by atoms with Crippen molar-refractivity contribution in [2.75, 3.05) is 74.3 Å². The molecule has 10 aromatic heterocycles. The zero-order valence-electron chi connectivity index (χ0n) is 69.0. The Morgan fingerprint density at radius 2 is 1.11 bits per heavy atom. The number of aldehydes is 1. The minimum absolute atomic E-state index is 0.208. The van der Waals surface area contributed by atoms with Crippen LogP contribution in [0.3, 0.4) is 0 Å². The van der Waals surface area contributed by atoms with E-state index in [0.29, 0.717) is 74.2 Å². The number of piperazine rings is 2. The van der Waals surface area contributed by atoms with E-state index >= 15 is 0 Å². The molecule has 9 aliphatic rings. The number of piperidine rings is 2. The monoisotopic (exact) mass is 1660 g/mol. The van der Waals surface area contributed by atoms with Gasteiger partial charge in [0.05, 0.1) is 85.2 Å². The van der Waals surface area contributed by atoms with Crippen LogP contribution in [0.1, 0.15) is 127 Å². The predicted octanol–water partition coefficient (Wildman–Crippen LogP) is 14.3. The van der Waals surface area contributed by atoms with Crippen molar-refractivity contribution in [1.29, 1.82) is 0 Å². The summed E-state index contributed by atoms with van der Waals surface area (Å²) in [6.45, 7) is 30.7. The van der Waals surface area contributed by atoms with Crippen LogP contribution in [0.25, 0.3) is 39.8 Å². The molecule has 4 atom stereocenters. The number of aromatic nitrogens is 17. The fourth-order valence-electron chi connectivity index (χ4n) is 14.8. The summed E-state index contributed by atoms with van der Waals surface area (Å²) < 4.78 is 28.0. The molecule has 4 N–H and O–H groups in total. The highest BCUT2D eigenvalue weighted by Crippen LogP contribution is 2.37. The van der Waals surface area contributed by atoms with Gasteiger partial charge in [0.15, 0.2) is 24.2 Å². The van der Waals surface area contributed by atoms with Crippen LogP contribution < -0.4 is 20.4 Å². The molecule has 9 aliphatic heterocycles. The van der Waals surface area contributed by atoms with Gasteiger partial charge in [0.2, 0.25) is 0 Å². The zero-order valence-corrected chi connectivity index (χ0v) is 70.6. The Morgan fingerprint density at radius 3 is 1.61 bits per heavy atom. The highest BCUT2D eigenvalue weighted by Gasteiger charge is 2.45. The zero-order chi connectivity index (χ0) is 82.6. The molecule has 3 aromatic carbocycles. The first-order valence-corrected chi connectivity index (χ1v) is 41.0. The largest absolute Gasteiger partial charge is 0.353 e. The fourth-order valence-corrected chi connectivity index (χ4v) is 15.0. The topological polar surface area (TPSA) is 301 Å². The van der Waals surface area contributed by atoms with Gasteiger partial charge < -0.3 is 39.4 Å². The highest BCUT2D eigenvalue weighted by atomic mass is 79.9. The van der Waals surface area contributed by atoms with Gasteiger partial charge >= 0.3 is 0 Å². The average Bonchev–Trinajstić information content (AvgIpc) is 1.62. The number of H-pyrrole nitrogens is 2. The molecule has 8 saturated heterocycles. The van der Waals surface area contributed by atoms with Gasteiger partial charge in [-0.1, -0.05) is 24.3 Å². The molecule has 4 unspecified atom stereocenters. The minimum atomic E-state index is -0.217. The molecule has 19 heterocycles. The second-order valence-corrected chi connectivity index (χ2v) is 31.9. The van der Waals surface area contributed by atoms with Crippen LogP contribution in [0.15, 0.2) is 198 Å². The summed E-state index contributed by atoms with van der Waals surface area (Å²) in [6.07, 6.45) is 21.0. The number of amidine groups is 1. The second kappa shape index (κ2) is 37.8. The number of carbonyl (C=O) groups is 1. The van der Waals surface area contributed by atoms with E-state index in [2.05, 4.69) is 188 Å². The lowest BCUT2D eigenvalue weighted by molar-refractivity contribution is -0.0444. The van der Waals surface area contributed by atoms with Crippen molar-refractivity contribution < 1.29 is 23.7 Å². The summed E-state index contributed by atoms with van der Waals surface area (Å²) in [5, 5.41) is 34.0. The number of fused-ring (bicyclic) bond motifs is 4. The van der Waals surface area contributed by atoms with E-state index < -0.39 is 0 Å². The molecule has 0 spiro atoms. The third kappa shape index (κ3) is 21.1. The maximum Gasteiger partial charge on any atom is 0.185 e. The number of halogens is 1. The highest BCUT2D eigenvalue weighted by molar-refractivity contribution is 9.10. The number of hydrogen-bond acceptors (Lipinski definition) is 23. The smallest absolute Gasteiger partial charge is 0.185 e. The molecular formula is C90H100BrN23O5. The van der Waals surface area contributed by atoms with E-state index in [1.807, 2.05) is 173 Å². The van der Waals surface area contributed by atoms with Gasteiger partial charge in [-0.05, 0) is 241 Å². The third-order valence-electron chi connectivity index (χ3n) is 21.6. The Kier molecular flexibility index (Phi) is 26.1. The summed E-state index contributed by atoms with van der Waals surface area (Å²) in [6, 6.07) is 44.8. The number of anilines is 3. The van der Waals surface area contributed by atoms with Crippen LogP contribution in [0.2, 0.25) is 0 Å². The van der Waals surface area contributed by atoms with Crippen LogP contribution in [0.4, 0.5) is 17.5 Å². The summed E-state index contributed by atoms with van der Waals surface area (Å²) in [5.74, 6) is 5.05. The number of nitrogens with one attached hydrogen (secondary N) is 4. The van der Waals surface area contributed by atoms with Crippen molar-refractivity contribution in [3.63, 3.8) is 0 Å². The lowest BCUT2D eigenvalue weighted by atomic mass is 9.86. The van der Waals surface area contributed by atoms with Gasteiger partial charge in [-0.2, -0.15) is 25.5 Å². The Morgan fingerprint density at radius 1 is 0.538 bits per heavy atom. The summed E-state index contributed by atoms with van der Waals surface area (Å²) in [5.41, 5.74) is 23.1. The van der Waals surface area contributed by atoms with E-state index in [4.69, 9.17) is 28.9 Å². The lowest BCUT2D eigenvalue weighted by Gasteiger charge is -2.56. The van der Waals surface area contributed by atoms with E-state index in [1.165, 1.54) is 40.7 Å². The van der Waals surface area contributed by atoms with Crippen LogP contribution in [0.5, 0.6) is 0 Å². The van der Waals surface area contributed by atoms with Gasteiger partial charge in [-0.15, -0.1) is 0 Å². The summed E-state index contributed by atoms with van der Waals surface area (Å²) in [7, 11) is 0. The van der Waals surface area contributed by atoms with Crippen molar-refractivity contribution in [2.24, 2.45) is 4.99 Å². The number of aromatic amines is 2. The molecule has 28 nitrogen and oxygen atoms in total. The van der Waals surface area contributed by atoms with E-state index in [1.54, 1.807) is 18.3 Å². The molecule has 4 bridgehead atoms. The van der Waals surface area contributed by atoms with Gasteiger partial charge in [0, 0.05) is 157 Å². The van der Waals surface area contributed by atoms with Crippen LogP contribution in [-0.4, -0.2) is 185 Å². The number of pyridine rings is 3. The van der Waals surface area contributed by atoms with E-state index in [0.717, 1.165) is 164 Å². The van der Waals surface area contributed by atoms with E-state index in [-0.39, 0.29) is 12.6 Å². The predicted molar refractivity (Wildman–Crippen MR) is 462 cm³/mol. The van der Waals surface area contributed by atoms with Gasteiger partial charge in [-0.3, -0.25) is 24.9 Å². The van der Waals surface area contributed by atoms with Gasteiger partial charge in [-0.25, -0.2) is 48.9 Å². The molecule has 612 valence electrons. The standard InChI is InChI=1S/C31H33N9.C20H23N7.C14H16N2O2.C12H12N2O.C8H8BrNO2.C5H8N2/c1-20-14-33-40(16-20)27-7-4-23(5-8-27)17-39-28-13-29(39)19-38(18-28)30-9-6-24(15-32-30)31-34-21(2)10-25(35-31)12-26-11-22(3)36-37-26;1-12-5-17(21-8-12)25-18-6-13(2)23-20(26-18)14-3-4-19(22-9-14)27-10-15-7-16(11-27)24-15;1-10-9-16(15-11(10)2)13-5-3-12(4-6-13)14-17-7-8-18-14;1-9-7-14(13-10(9)2)12-5-3-11(8-15)4-6-12;9-7-2-1-6(5-10-7)8-11-3-4-12-8;1-4-3-6-7-5(4)2/h4-11,14-16,28-29H,12-13,17-19H2,1-3H3,(H,36,37);3-6,9,15-16,24H,7-8,10-11H2,1-2H3,(H,21,23,25,26);3-6,9,14H,7-8H2,1-2H3;3-8H,1-2H3;1-2,5,8H,3-4H2;3H,1-2H3,(H,6,7). The number of aliphatic imine (C=N–C) groups is 1. The van der Waals surface area contributed by atoms with Crippen molar-refractivity contribution >= 4 is 45.5 Å². The number of rotatable bonds is 15. The van der Waals surface area contributed by atoms with Gasteiger partial charge in [0.1, 0.15) is 34.2 Å². The summed E-state index contributed by atoms with van der Waals surface area (Å²) >= 11 is 3.26. The first-order chi connectivity index (χ1) is 57.7. The fraction of sp³-hybridized carbons (Fsp3) is 0.333. The maximum absolute atomic E-state index is 10.5. The number of benzene rings is 3. The van der Waals surface area contributed by atoms with Crippen LogP contribution >= 0.6 is 15.9 Å². The molecule has 13 aromatic rings. The Hall–Kier alpha value is -12.0. The van der Waals surface area contributed by atoms with Gasteiger partial charge in [0.25, 0.3) is 0 Å². The first kappa shape index (κ1) is 82.2. The SMILES string of the molecule is Brc1ccc(C2OCCO2)cn1.CC1=CC(Nc2cc(C)nc(-c3ccc(N4CC5CC(C4)N5)nc3)n2)=NC1.Cc1cn(-c2ccc(C3OCCO3)cc2)nc1C.Cc1cn(-c2ccc(C=O)cc2)nc1C.Cc1cn[nH]c1C.Cc1cnn(-c2ccc(CN3C4CC3CN(c3ccc(-c5nc(C)cc(Cc6cc(C)[nH]n6)n5)cn3)C4)cc2)c1. The number of nitrogens with zero attached hydrogens (tertiary/aromatic N) is 19. The van der Waals surface area contributed by atoms with Crippen molar-refractivity contribution in [3.05, 3.63) is 283 Å². The number of aryl methyl sites for hydroxylation is 10. The normalized spacial score (nSPS) is 17.8. The molecule has 0 amide bonds. The van der Waals surface area contributed by atoms with Crippen molar-refractivity contribution in [1.82, 2.24) is 94.8 Å². The Balaban J connectivity index is 0.000000121. The third-order valence-corrected chi connectivity index (χ3v) is 22.1. The Bertz CT molecular complexity index is 5550. The van der Waals surface area contributed by atoms with Crippen LogP contribution in [0, 0.1) is 69.2 Å². The molecule has 22 rings (SSSR count). The first-order valence-electron chi connectivity index (χ1n) is 40.2. The molecule has 0 radical (unpaired) electrons. The molecule has 0 aliphatic carbocycles. The summed E-state index contributed by atoms with van der Waals surface area (Å²) in [4.78, 5) is 54.7. The Labute approximate surface area is 701 Å². The van der Waals surface area contributed by atoms with Crippen molar-refractivity contribution in [2.45, 2.75) is 139 Å². The molecule has 0 saturated carbocycles.